The molecule has 7 heteroatoms. The van der Waals surface area contributed by atoms with Gasteiger partial charge in [0.15, 0.2) is 0 Å². The van der Waals surface area contributed by atoms with E-state index in [9.17, 15) is 19.7 Å². The number of imide groups is 1. The Balaban J connectivity index is 1.77. The van der Waals surface area contributed by atoms with Crippen molar-refractivity contribution >= 4 is 28.8 Å². The molecule has 0 aromatic heterocycles. The molecule has 4 rings (SSSR count). The molecule has 0 unspecified atom stereocenters. The third-order valence-electron chi connectivity index (χ3n) is 5.89. The van der Waals surface area contributed by atoms with Gasteiger partial charge in [-0.05, 0) is 46.9 Å². The van der Waals surface area contributed by atoms with Gasteiger partial charge in [-0.1, -0.05) is 56.3 Å². The summed E-state index contributed by atoms with van der Waals surface area (Å²) in [7, 11) is 1.77. The highest BCUT2D eigenvalue weighted by Gasteiger charge is 2.41. The lowest BCUT2D eigenvalue weighted by atomic mass is 10.0. The highest BCUT2D eigenvalue weighted by Crippen LogP contribution is 2.35. The Morgan fingerprint density at radius 3 is 2.06 bits per heavy atom. The highest BCUT2D eigenvalue weighted by molar-refractivity contribution is 6.45. The van der Waals surface area contributed by atoms with Crippen LogP contribution in [0.1, 0.15) is 36.5 Å². The summed E-state index contributed by atoms with van der Waals surface area (Å²) in [5.41, 5.74) is 3.44. The number of non-ortho nitro benzene ring substituents is 1. The van der Waals surface area contributed by atoms with Crippen molar-refractivity contribution in [2.24, 2.45) is 0 Å². The van der Waals surface area contributed by atoms with Crippen molar-refractivity contribution in [1.82, 2.24) is 4.90 Å². The second-order valence-electron chi connectivity index (χ2n) is 8.56. The molecule has 0 saturated heterocycles. The first-order chi connectivity index (χ1) is 16.3. The Kier molecular flexibility index (Phi) is 6.27. The van der Waals surface area contributed by atoms with Gasteiger partial charge < -0.3 is 4.90 Å². The van der Waals surface area contributed by atoms with E-state index in [0.29, 0.717) is 23.7 Å². The molecule has 1 aliphatic heterocycles. The third-order valence-corrected chi connectivity index (χ3v) is 5.89. The second-order valence-corrected chi connectivity index (χ2v) is 8.56. The number of rotatable bonds is 7. The van der Waals surface area contributed by atoms with E-state index in [2.05, 4.69) is 13.8 Å². The molecule has 0 spiro atoms. The number of benzene rings is 3. The van der Waals surface area contributed by atoms with Crippen LogP contribution in [0.5, 0.6) is 0 Å². The monoisotopic (exact) mass is 455 g/mol. The fraction of sp³-hybridized carbons (Fsp3) is 0.185. The molecular formula is C27H25N3O4. The number of likely N-dealkylation sites (N-methyl/N-ethyl adjacent to an activating group) is 1. The lowest BCUT2D eigenvalue weighted by molar-refractivity contribution is -0.384. The van der Waals surface area contributed by atoms with Gasteiger partial charge in [-0.3, -0.25) is 19.7 Å². The standard InChI is InChI=1S/C27H25N3O4/c1-18(2)20-9-13-22(14-10-20)29-26(31)24(21-11-15-23(16-12-21)30(33)34)25(27(29)32)28(3)17-19-7-5-4-6-8-19/h4-16,18H,17H2,1-3H3. The first kappa shape index (κ1) is 22.9. The zero-order valence-corrected chi connectivity index (χ0v) is 19.3. The quantitative estimate of drug-likeness (QED) is 0.280. The minimum atomic E-state index is -0.495. The van der Waals surface area contributed by atoms with Crippen LogP contribution in [0.2, 0.25) is 0 Å². The molecule has 0 atom stereocenters. The lowest BCUT2D eigenvalue weighted by Crippen LogP contribution is -2.34. The summed E-state index contributed by atoms with van der Waals surface area (Å²) in [5.74, 6) is -0.555. The summed E-state index contributed by atoms with van der Waals surface area (Å²) in [6.07, 6.45) is 0. The number of nitro groups is 1. The van der Waals surface area contributed by atoms with Gasteiger partial charge in [0.1, 0.15) is 5.70 Å². The Morgan fingerprint density at radius 1 is 0.882 bits per heavy atom. The molecule has 2 amide bonds. The van der Waals surface area contributed by atoms with Crippen molar-refractivity contribution in [3.8, 4) is 0 Å². The molecule has 1 heterocycles. The normalized spacial score (nSPS) is 13.7. The second kappa shape index (κ2) is 9.31. The number of carbonyl (C=O) groups is 2. The Bertz CT molecular complexity index is 1260. The fourth-order valence-electron chi connectivity index (χ4n) is 4.06. The average molecular weight is 456 g/mol. The van der Waals surface area contributed by atoms with Crippen LogP contribution in [-0.4, -0.2) is 28.7 Å². The summed E-state index contributed by atoms with van der Waals surface area (Å²) in [4.78, 5) is 40.8. The Hall–Kier alpha value is -4.26. The van der Waals surface area contributed by atoms with Crippen LogP contribution < -0.4 is 4.90 Å². The Labute approximate surface area is 198 Å². The first-order valence-corrected chi connectivity index (χ1v) is 11.0. The van der Waals surface area contributed by atoms with Crippen molar-refractivity contribution in [2.75, 3.05) is 11.9 Å². The fourth-order valence-corrected chi connectivity index (χ4v) is 4.06. The molecule has 3 aromatic rings. The molecule has 0 fully saturated rings. The highest BCUT2D eigenvalue weighted by atomic mass is 16.6. The van der Waals surface area contributed by atoms with Gasteiger partial charge in [-0.15, -0.1) is 0 Å². The molecule has 0 bridgehead atoms. The number of anilines is 1. The van der Waals surface area contributed by atoms with Crippen molar-refractivity contribution in [3.05, 3.63) is 111 Å². The van der Waals surface area contributed by atoms with E-state index in [1.807, 2.05) is 42.5 Å². The van der Waals surface area contributed by atoms with E-state index >= 15 is 0 Å². The molecule has 34 heavy (non-hydrogen) atoms. The summed E-state index contributed by atoms with van der Waals surface area (Å²) < 4.78 is 0. The molecule has 3 aromatic carbocycles. The van der Waals surface area contributed by atoms with Crippen LogP contribution >= 0.6 is 0 Å². The van der Waals surface area contributed by atoms with Gasteiger partial charge in [-0.25, -0.2) is 4.90 Å². The number of nitrogens with zero attached hydrogens (tertiary/aromatic N) is 3. The van der Waals surface area contributed by atoms with Crippen LogP contribution in [0, 0.1) is 10.1 Å². The topological polar surface area (TPSA) is 83.8 Å². The number of amides is 2. The van der Waals surface area contributed by atoms with E-state index in [1.54, 1.807) is 24.1 Å². The molecule has 172 valence electrons. The van der Waals surface area contributed by atoms with Gasteiger partial charge in [-0.2, -0.15) is 0 Å². The van der Waals surface area contributed by atoms with E-state index in [1.165, 1.54) is 29.2 Å². The maximum atomic E-state index is 13.6. The molecule has 7 nitrogen and oxygen atoms in total. The first-order valence-electron chi connectivity index (χ1n) is 11.0. The zero-order valence-electron chi connectivity index (χ0n) is 19.3. The summed E-state index contributed by atoms with van der Waals surface area (Å²) in [6.45, 7) is 4.57. The largest absolute Gasteiger partial charge is 0.365 e. The number of carbonyl (C=O) groups excluding carboxylic acids is 2. The van der Waals surface area contributed by atoms with Crippen molar-refractivity contribution in [2.45, 2.75) is 26.3 Å². The molecule has 1 aliphatic rings. The predicted molar refractivity (Wildman–Crippen MR) is 131 cm³/mol. The summed E-state index contributed by atoms with van der Waals surface area (Å²) in [5, 5.41) is 11.1. The van der Waals surface area contributed by atoms with Crippen LogP contribution in [0.3, 0.4) is 0 Å². The van der Waals surface area contributed by atoms with Crippen LogP contribution in [-0.2, 0) is 16.1 Å². The SMILES string of the molecule is CC(C)c1ccc(N2C(=O)C(c3ccc([N+](=O)[O-])cc3)=C(N(C)Cc3ccccc3)C2=O)cc1. The van der Waals surface area contributed by atoms with Crippen LogP contribution in [0.25, 0.3) is 5.57 Å². The average Bonchev–Trinajstić information content (AvgIpc) is 3.09. The summed E-state index contributed by atoms with van der Waals surface area (Å²) >= 11 is 0. The Morgan fingerprint density at radius 2 is 1.50 bits per heavy atom. The van der Waals surface area contributed by atoms with Crippen molar-refractivity contribution < 1.29 is 14.5 Å². The smallest absolute Gasteiger partial charge is 0.282 e. The predicted octanol–water partition coefficient (Wildman–Crippen LogP) is 5.13. The maximum absolute atomic E-state index is 13.6. The van der Waals surface area contributed by atoms with Gasteiger partial charge in [0.25, 0.3) is 17.5 Å². The van der Waals surface area contributed by atoms with Gasteiger partial charge in [0, 0.05) is 25.7 Å². The molecule has 0 aliphatic carbocycles. The number of hydrogen-bond acceptors (Lipinski definition) is 5. The van der Waals surface area contributed by atoms with E-state index in [0.717, 1.165) is 11.1 Å². The van der Waals surface area contributed by atoms with E-state index in [-0.39, 0.29) is 17.0 Å². The lowest BCUT2D eigenvalue weighted by Gasteiger charge is -2.22. The molecular weight excluding hydrogens is 430 g/mol. The summed E-state index contributed by atoms with van der Waals surface area (Å²) in [6, 6.07) is 22.7. The van der Waals surface area contributed by atoms with Gasteiger partial charge in [0.05, 0.1) is 16.2 Å². The van der Waals surface area contributed by atoms with E-state index in [4.69, 9.17) is 0 Å². The minimum absolute atomic E-state index is 0.0820. The molecule has 0 N–H and O–H groups in total. The van der Waals surface area contributed by atoms with Crippen molar-refractivity contribution in [1.29, 1.82) is 0 Å². The zero-order chi connectivity index (χ0) is 24.4. The minimum Gasteiger partial charge on any atom is -0.365 e. The maximum Gasteiger partial charge on any atom is 0.282 e. The van der Waals surface area contributed by atoms with Gasteiger partial charge >= 0.3 is 0 Å². The van der Waals surface area contributed by atoms with Crippen LogP contribution in [0.4, 0.5) is 11.4 Å². The van der Waals surface area contributed by atoms with Crippen LogP contribution in [0.15, 0.2) is 84.6 Å². The molecule has 0 saturated carbocycles. The number of nitro benzene ring substituents is 1. The van der Waals surface area contributed by atoms with Gasteiger partial charge in [0.2, 0.25) is 0 Å². The van der Waals surface area contributed by atoms with Crippen molar-refractivity contribution in [3.63, 3.8) is 0 Å². The van der Waals surface area contributed by atoms with E-state index < -0.39 is 16.7 Å². The molecule has 0 radical (unpaired) electrons. The number of hydrogen-bond donors (Lipinski definition) is 0. The third kappa shape index (κ3) is 4.32.